The maximum atomic E-state index is 13.4. The van der Waals surface area contributed by atoms with Gasteiger partial charge in [-0.2, -0.15) is 0 Å². The van der Waals surface area contributed by atoms with Gasteiger partial charge >= 0.3 is 53.4 Å². The van der Waals surface area contributed by atoms with Gasteiger partial charge in [0, 0.05) is 45.3 Å². The van der Waals surface area contributed by atoms with E-state index < -0.39 is 58.9 Å². The van der Waals surface area contributed by atoms with Crippen molar-refractivity contribution in [2.24, 2.45) is 7.05 Å². The Morgan fingerprint density at radius 1 is 1.23 bits per heavy atom. The minimum absolute atomic E-state index is 0. The van der Waals surface area contributed by atoms with Gasteiger partial charge in [-0.05, 0) is 29.8 Å². The molecule has 4 atom stereocenters. The average molecular weight is 651 g/mol. The summed E-state index contributed by atoms with van der Waals surface area (Å²) >= 11 is 2.33. The maximum Gasteiger partial charge on any atom is 1.00 e. The van der Waals surface area contributed by atoms with Crippen LogP contribution in [0.4, 0.5) is 4.79 Å². The van der Waals surface area contributed by atoms with E-state index in [4.69, 9.17) is 4.74 Å². The summed E-state index contributed by atoms with van der Waals surface area (Å²) < 4.78 is 6.84. The molecule has 4 rings (SSSR count). The summed E-state index contributed by atoms with van der Waals surface area (Å²) in [6.45, 7) is 3.15. The van der Waals surface area contributed by atoms with Crippen molar-refractivity contribution in [2.75, 3.05) is 38.2 Å². The number of nitrogens with one attached hydrogen (secondary N) is 2. The molecule has 4 heterocycles. The van der Waals surface area contributed by atoms with E-state index in [-0.39, 0.29) is 66.4 Å². The number of β-lactam (4-membered cyclic amide) rings is 1. The first-order valence-electron chi connectivity index (χ1n) is 12.6. The van der Waals surface area contributed by atoms with Crippen LogP contribution < -0.4 is 40.2 Å². The van der Waals surface area contributed by atoms with Crippen molar-refractivity contribution >= 4 is 59.2 Å². The van der Waals surface area contributed by atoms with E-state index in [2.05, 4.69) is 26.2 Å². The number of thioether (sulfide) groups is 2. The van der Waals surface area contributed by atoms with E-state index in [1.807, 2.05) is 0 Å². The summed E-state index contributed by atoms with van der Waals surface area (Å²) in [5, 5.41) is 35.5. The van der Waals surface area contributed by atoms with Crippen molar-refractivity contribution in [3.05, 3.63) is 11.3 Å². The Kier molecular flexibility index (Phi) is 11.2. The summed E-state index contributed by atoms with van der Waals surface area (Å²) in [4.78, 5) is 79.3. The fourth-order valence-corrected chi connectivity index (χ4v) is 7.02. The van der Waals surface area contributed by atoms with Crippen molar-refractivity contribution in [3.63, 3.8) is 0 Å². The molecule has 21 heteroatoms. The quantitative estimate of drug-likeness (QED) is 0.0608. The molecule has 0 radical (unpaired) electrons. The standard InChI is InChI=1S/C22H29N9O9S2.Na/c1-5-29-6-7-30(16(35)15(29)34)20(39)23-12(10(2)32)14(33)24-22(40-4)18(38)31-13(17(36)37)11(8-41-19(22)31)9-42-21-25-26-27-28(21)3;/h10,12,19,32H,5-9H2,1-4H3,(H,23,39)(H,24,33)(H,36,37);/q;+1/t10-,12+,19+,22-;/m0./s1. The number of aromatic nitrogens is 4. The second-order valence-corrected chi connectivity index (χ2v) is 11.4. The molecule has 0 spiro atoms. The van der Waals surface area contributed by atoms with Gasteiger partial charge in [-0.25, -0.2) is 14.3 Å². The van der Waals surface area contributed by atoms with Crippen molar-refractivity contribution < 1.29 is 73.3 Å². The first-order valence-corrected chi connectivity index (χ1v) is 14.6. The number of tetrazole rings is 1. The topological polar surface area (TPSA) is 229 Å². The van der Waals surface area contributed by atoms with Gasteiger partial charge in [-0.15, -0.1) is 16.9 Å². The van der Waals surface area contributed by atoms with Crippen LogP contribution in [0.15, 0.2) is 16.4 Å². The number of fused-ring (bicyclic) bond motifs is 1. The third-order valence-corrected chi connectivity index (χ3v) is 9.35. The molecule has 4 N–H and O–H groups in total. The summed E-state index contributed by atoms with van der Waals surface area (Å²) in [6, 6.07) is -2.74. The number of piperazine rings is 1. The zero-order valence-corrected chi connectivity index (χ0v) is 27.6. The van der Waals surface area contributed by atoms with Crippen LogP contribution in [0, 0.1) is 0 Å². The Balaban J connectivity index is 0.00000506. The fourth-order valence-electron chi connectivity index (χ4n) is 4.60. The van der Waals surface area contributed by atoms with Crippen LogP contribution in [0.3, 0.4) is 0 Å². The van der Waals surface area contributed by atoms with Crippen LogP contribution in [-0.4, -0.2) is 142 Å². The summed E-state index contributed by atoms with van der Waals surface area (Å²) in [5.74, 6) is -4.87. The number of urea groups is 1. The molecule has 2 fully saturated rings. The van der Waals surface area contributed by atoms with Crippen molar-refractivity contribution in [3.8, 4) is 0 Å². The zero-order valence-electron chi connectivity index (χ0n) is 24.0. The number of aliphatic carboxylic acids is 1. The number of likely N-dealkylation sites (N-methyl/N-ethyl adjacent to an activating group) is 1. The third kappa shape index (κ3) is 6.40. The summed E-state index contributed by atoms with van der Waals surface area (Å²) in [7, 11) is 2.78. The average Bonchev–Trinajstić information content (AvgIpc) is 3.37. The molecule has 6 amide bonds. The molecule has 1 aromatic heterocycles. The minimum atomic E-state index is -2.01. The molecule has 3 aliphatic rings. The van der Waals surface area contributed by atoms with E-state index in [1.54, 1.807) is 14.0 Å². The molecular formula is C22H29N9NaO9S2+. The number of hydrogen-bond donors (Lipinski definition) is 4. The normalized spacial score (nSPS) is 23.2. The molecule has 228 valence electrons. The molecule has 0 unspecified atom stereocenters. The number of carboxylic acids is 1. The Labute approximate surface area is 275 Å². The van der Waals surface area contributed by atoms with Crippen LogP contribution in [0.25, 0.3) is 0 Å². The summed E-state index contributed by atoms with van der Waals surface area (Å²) in [5.41, 5.74) is -1.84. The van der Waals surface area contributed by atoms with Gasteiger partial charge in [-0.3, -0.25) is 29.0 Å². The number of carbonyl (C=O) groups is 6. The number of carbonyl (C=O) groups excluding carboxylic acids is 5. The number of aliphatic hydroxyl groups excluding tert-OH is 1. The molecule has 0 aromatic carbocycles. The van der Waals surface area contributed by atoms with Crippen LogP contribution in [-0.2, 0) is 35.8 Å². The van der Waals surface area contributed by atoms with Crippen LogP contribution in [0.1, 0.15) is 13.8 Å². The first-order chi connectivity index (χ1) is 19.9. The SMILES string of the molecule is CCN1CCN(C(=O)N[C@@H](C(=O)N[C@]2(OC)C(=O)N3C(C(=O)O)=C(CSc4nnnn4C)CS[C@@H]32)[C@H](C)O)C(=O)C1=O.[Na+]. The molecule has 43 heavy (non-hydrogen) atoms. The number of amides is 6. The van der Waals surface area contributed by atoms with E-state index in [0.717, 1.165) is 23.8 Å². The van der Waals surface area contributed by atoms with E-state index >= 15 is 0 Å². The number of rotatable bonds is 10. The van der Waals surface area contributed by atoms with Gasteiger partial charge in [-0.1, -0.05) is 11.8 Å². The first kappa shape index (κ1) is 34.7. The Morgan fingerprint density at radius 3 is 2.49 bits per heavy atom. The third-order valence-electron chi connectivity index (χ3n) is 6.88. The molecule has 0 saturated carbocycles. The number of imide groups is 1. The van der Waals surface area contributed by atoms with Crippen LogP contribution >= 0.6 is 23.5 Å². The number of aryl methyl sites for hydroxylation is 1. The van der Waals surface area contributed by atoms with Gasteiger partial charge < -0.3 is 30.5 Å². The summed E-state index contributed by atoms with van der Waals surface area (Å²) in [6.07, 6.45) is -1.50. The number of hydrogen-bond acceptors (Lipinski definition) is 13. The number of aliphatic hydroxyl groups is 1. The van der Waals surface area contributed by atoms with Gasteiger partial charge in [0.25, 0.3) is 11.6 Å². The second-order valence-electron chi connectivity index (χ2n) is 9.41. The van der Waals surface area contributed by atoms with Crippen LogP contribution in [0.5, 0.6) is 0 Å². The molecule has 18 nitrogen and oxygen atoms in total. The van der Waals surface area contributed by atoms with Gasteiger partial charge in [0.05, 0.1) is 6.10 Å². The smallest absolute Gasteiger partial charge is 0.477 e. The largest absolute Gasteiger partial charge is 1.00 e. The number of nitrogens with zero attached hydrogens (tertiary/aromatic N) is 7. The van der Waals surface area contributed by atoms with E-state index in [0.29, 0.717) is 15.6 Å². The van der Waals surface area contributed by atoms with Crippen molar-refractivity contribution in [1.82, 2.24) is 45.5 Å². The molecule has 2 saturated heterocycles. The van der Waals surface area contributed by atoms with Gasteiger partial charge in [0.1, 0.15) is 17.1 Å². The number of methoxy groups -OCH3 is 1. The van der Waals surface area contributed by atoms with E-state index in [1.165, 1.54) is 28.3 Å². The molecular weight excluding hydrogens is 621 g/mol. The Bertz CT molecular complexity index is 1360. The van der Waals surface area contributed by atoms with Gasteiger partial charge in [0.2, 0.25) is 11.1 Å². The van der Waals surface area contributed by atoms with Gasteiger partial charge in [0.15, 0.2) is 0 Å². The van der Waals surface area contributed by atoms with Crippen LogP contribution in [0.2, 0.25) is 0 Å². The predicted molar refractivity (Wildman–Crippen MR) is 143 cm³/mol. The second kappa shape index (κ2) is 13.9. The minimum Gasteiger partial charge on any atom is -0.477 e. The monoisotopic (exact) mass is 650 g/mol. The Hall–Kier alpha value is -2.75. The number of ether oxygens (including phenoxy) is 1. The van der Waals surface area contributed by atoms with Crippen molar-refractivity contribution in [2.45, 2.75) is 42.2 Å². The molecule has 0 bridgehead atoms. The number of carboxylic acid groups (broad SMARTS) is 1. The molecule has 0 aliphatic carbocycles. The maximum absolute atomic E-state index is 13.4. The Morgan fingerprint density at radius 2 is 1.93 bits per heavy atom. The molecule has 1 aromatic rings. The molecule has 3 aliphatic heterocycles. The fraction of sp³-hybridized carbons (Fsp3) is 0.591. The van der Waals surface area contributed by atoms with E-state index in [9.17, 15) is 39.0 Å². The zero-order chi connectivity index (χ0) is 30.9. The van der Waals surface area contributed by atoms with Crippen molar-refractivity contribution in [1.29, 1.82) is 0 Å². The predicted octanol–water partition coefficient (Wildman–Crippen LogP) is -5.83.